The van der Waals surface area contributed by atoms with Crippen molar-refractivity contribution < 1.29 is 14.7 Å². The van der Waals surface area contributed by atoms with Gasteiger partial charge in [0.25, 0.3) is 5.91 Å². The van der Waals surface area contributed by atoms with Gasteiger partial charge in [-0.3, -0.25) is 9.59 Å². The van der Waals surface area contributed by atoms with Crippen molar-refractivity contribution in [2.24, 2.45) is 0 Å². The number of hydrogen-bond donors (Lipinski definition) is 2. The Bertz CT molecular complexity index is 396. The SMILES string of the molecule is CC(NC(=O)c1cccn1C(C)C)C(=O)O. The largest absolute Gasteiger partial charge is 0.480 e. The average Bonchev–Trinajstić information content (AvgIpc) is 2.65. The van der Waals surface area contributed by atoms with Crippen molar-refractivity contribution in [2.75, 3.05) is 0 Å². The zero-order chi connectivity index (χ0) is 12.3. The standard InChI is InChI=1S/C11H16N2O3/c1-7(2)13-6-4-5-9(13)10(14)12-8(3)11(15)16/h4-8H,1-3H3,(H,12,14)(H,15,16). The Hall–Kier alpha value is -1.78. The highest BCUT2D eigenvalue weighted by Crippen LogP contribution is 2.10. The molecule has 0 bridgehead atoms. The lowest BCUT2D eigenvalue weighted by Gasteiger charge is -2.14. The number of carbonyl (C=O) groups is 2. The molecule has 0 saturated carbocycles. The van der Waals surface area contributed by atoms with E-state index in [1.165, 1.54) is 6.92 Å². The molecule has 88 valence electrons. The molecule has 0 aliphatic heterocycles. The summed E-state index contributed by atoms with van der Waals surface area (Å²) in [6.45, 7) is 5.34. The highest BCUT2D eigenvalue weighted by atomic mass is 16.4. The Kier molecular flexibility index (Phi) is 3.71. The van der Waals surface area contributed by atoms with Crippen LogP contribution in [0.2, 0.25) is 0 Å². The molecule has 1 heterocycles. The van der Waals surface area contributed by atoms with Crippen molar-refractivity contribution in [1.82, 2.24) is 9.88 Å². The maximum Gasteiger partial charge on any atom is 0.325 e. The van der Waals surface area contributed by atoms with Crippen LogP contribution in [0.5, 0.6) is 0 Å². The Morgan fingerprint density at radius 3 is 2.50 bits per heavy atom. The summed E-state index contributed by atoms with van der Waals surface area (Å²) in [5, 5.41) is 11.1. The lowest BCUT2D eigenvalue weighted by atomic mass is 10.3. The van der Waals surface area contributed by atoms with Gasteiger partial charge in [-0.2, -0.15) is 0 Å². The normalized spacial score (nSPS) is 12.5. The molecular weight excluding hydrogens is 208 g/mol. The van der Waals surface area contributed by atoms with Gasteiger partial charge in [-0.1, -0.05) is 0 Å². The Morgan fingerprint density at radius 1 is 1.38 bits per heavy atom. The van der Waals surface area contributed by atoms with Crippen molar-refractivity contribution in [2.45, 2.75) is 32.9 Å². The molecule has 1 aromatic heterocycles. The fourth-order valence-electron chi connectivity index (χ4n) is 1.37. The second-order valence-electron chi connectivity index (χ2n) is 3.93. The highest BCUT2D eigenvalue weighted by Gasteiger charge is 2.18. The van der Waals surface area contributed by atoms with E-state index < -0.39 is 12.0 Å². The first-order valence-electron chi connectivity index (χ1n) is 5.14. The summed E-state index contributed by atoms with van der Waals surface area (Å²) in [5.74, 6) is -1.41. The number of nitrogens with one attached hydrogen (secondary N) is 1. The van der Waals surface area contributed by atoms with Crippen LogP contribution in [0.1, 0.15) is 37.3 Å². The first-order chi connectivity index (χ1) is 7.43. The quantitative estimate of drug-likeness (QED) is 0.809. The fourth-order valence-corrected chi connectivity index (χ4v) is 1.37. The summed E-state index contributed by atoms with van der Waals surface area (Å²) in [5.41, 5.74) is 0.475. The molecule has 1 amide bonds. The molecule has 1 rings (SSSR count). The average molecular weight is 224 g/mol. The molecule has 0 aliphatic carbocycles. The number of carbonyl (C=O) groups excluding carboxylic acids is 1. The van der Waals surface area contributed by atoms with Gasteiger partial charge in [-0.25, -0.2) is 0 Å². The van der Waals surface area contributed by atoms with Crippen LogP contribution in [0.25, 0.3) is 0 Å². The first kappa shape index (κ1) is 12.3. The molecule has 0 radical (unpaired) electrons. The maximum atomic E-state index is 11.8. The molecule has 0 aromatic carbocycles. The molecule has 1 unspecified atom stereocenters. The van der Waals surface area contributed by atoms with Crippen molar-refractivity contribution in [3.63, 3.8) is 0 Å². The molecule has 5 heteroatoms. The number of carboxylic acids is 1. The zero-order valence-electron chi connectivity index (χ0n) is 9.60. The van der Waals surface area contributed by atoms with E-state index in [2.05, 4.69) is 5.32 Å². The molecule has 0 aliphatic rings. The van der Waals surface area contributed by atoms with Crippen LogP contribution < -0.4 is 5.32 Å². The van der Waals surface area contributed by atoms with Crippen LogP contribution >= 0.6 is 0 Å². The number of nitrogens with zero attached hydrogens (tertiary/aromatic N) is 1. The smallest absolute Gasteiger partial charge is 0.325 e. The number of amides is 1. The van der Waals surface area contributed by atoms with Crippen molar-refractivity contribution >= 4 is 11.9 Å². The summed E-state index contributed by atoms with van der Waals surface area (Å²) in [6, 6.07) is 2.71. The maximum absolute atomic E-state index is 11.8. The molecule has 5 nitrogen and oxygen atoms in total. The van der Waals surface area contributed by atoms with Crippen LogP contribution in [-0.2, 0) is 4.79 Å². The lowest BCUT2D eigenvalue weighted by molar-refractivity contribution is -0.138. The third kappa shape index (κ3) is 2.62. The summed E-state index contributed by atoms with van der Waals surface area (Å²) in [4.78, 5) is 22.4. The van der Waals surface area contributed by atoms with Crippen molar-refractivity contribution in [1.29, 1.82) is 0 Å². The van der Waals surface area contributed by atoms with Crippen LogP contribution in [0.15, 0.2) is 18.3 Å². The van der Waals surface area contributed by atoms with E-state index in [0.29, 0.717) is 5.69 Å². The lowest BCUT2D eigenvalue weighted by Crippen LogP contribution is -2.39. The molecule has 1 aromatic rings. The number of carboxylic acid groups (broad SMARTS) is 1. The monoisotopic (exact) mass is 224 g/mol. The van der Waals surface area contributed by atoms with E-state index in [4.69, 9.17) is 5.11 Å². The fraction of sp³-hybridized carbons (Fsp3) is 0.455. The number of aliphatic carboxylic acids is 1. The number of rotatable bonds is 4. The van der Waals surface area contributed by atoms with E-state index in [-0.39, 0.29) is 11.9 Å². The minimum absolute atomic E-state index is 0.163. The molecule has 1 atom stereocenters. The van der Waals surface area contributed by atoms with E-state index in [1.807, 2.05) is 13.8 Å². The van der Waals surface area contributed by atoms with Gasteiger partial charge < -0.3 is 15.0 Å². The van der Waals surface area contributed by atoms with Gasteiger partial charge in [-0.15, -0.1) is 0 Å². The van der Waals surface area contributed by atoms with Gasteiger partial charge in [0, 0.05) is 12.2 Å². The van der Waals surface area contributed by atoms with Gasteiger partial charge >= 0.3 is 5.97 Å². The third-order valence-electron chi connectivity index (χ3n) is 2.29. The summed E-state index contributed by atoms with van der Waals surface area (Å²) < 4.78 is 1.80. The van der Waals surface area contributed by atoms with Crippen LogP contribution in [-0.4, -0.2) is 27.6 Å². The van der Waals surface area contributed by atoms with Gasteiger partial charge in [0.15, 0.2) is 0 Å². The zero-order valence-corrected chi connectivity index (χ0v) is 9.60. The first-order valence-corrected chi connectivity index (χ1v) is 5.14. The molecule has 0 fully saturated rings. The number of hydrogen-bond acceptors (Lipinski definition) is 2. The topological polar surface area (TPSA) is 71.3 Å². The second-order valence-corrected chi connectivity index (χ2v) is 3.93. The van der Waals surface area contributed by atoms with E-state index in [9.17, 15) is 9.59 Å². The van der Waals surface area contributed by atoms with E-state index in [0.717, 1.165) is 0 Å². The van der Waals surface area contributed by atoms with Gasteiger partial charge in [0.1, 0.15) is 11.7 Å². The molecular formula is C11H16N2O3. The summed E-state index contributed by atoms with van der Waals surface area (Å²) >= 11 is 0. The Labute approximate surface area is 94.1 Å². The van der Waals surface area contributed by atoms with Gasteiger partial charge in [-0.05, 0) is 32.9 Å². The Morgan fingerprint density at radius 2 is 2.00 bits per heavy atom. The predicted molar refractivity (Wildman–Crippen MR) is 59.4 cm³/mol. The van der Waals surface area contributed by atoms with Gasteiger partial charge in [0.05, 0.1) is 0 Å². The summed E-state index contributed by atoms with van der Waals surface area (Å²) in [6.07, 6.45) is 1.80. The van der Waals surface area contributed by atoms with Crippen LogP contribution in [0.4, 0.5) is 0 Å². The van der Waals surface area contributed by atoms with Crippen molar-refractivity contribution in [3.8, 4) is 0 Å². The predicted octanol–water partition coefficient (Wildman–Crippen LogP) is 1.27. The van der Waals surface area contributed by atoms with Crippen molar-refractivity contribution in [3.05, 3.63) is 24.0 Å². The molecule has 0 saturated heterocycles. The Balaban J connectivity index is 2.81. The third-order valence-corrected chi connectivity index (χ3v) is 2.29. The van der Waals surface area contributed by atoms with E-state index >= 15 is 0 Å². The molecule has 0 spiro atoms. The minimum atomic E-state index is -1.05. The highest BCUT2D eigenvalue weighted by molar-refractivity contribution is 5.95. The molecule has 16 heavy (non-hydrogen) atoms. The summed E-state index contributed by atoms with van der Waals surface area (Å²) in [7, 11) is 0. The second kappa shape index (κ2) is 4.83. The van der Waals surface area contributed by atoms with E-state index in [1.54, 1.807) is 22.9 Å². The molecule has 2 N–H and O–H groups in total. The van der Waals surface area contributed by atoms with Gasteiger partial charge in [0.2, 0.25) is 0 Å². The minimum Gasteiger partial charge on any atom is -0.480 e. The van der Waals surface area contributed by atoms with Crippen LogP contribution in [0.3, 0.4) is 0 Å². The van der Waals surface area contributed by atoms with Crippen LogP contribution in [0, 0.1) is 0 Å². The number of aromatic nitrogens is 1.